The zero-order chi connectivity index (χ0) is 23.8. The summed E-state index contributed by atoms with van der Waals surface area (Å²) in [4.78, 5) is 26.0. The van der Waals surface area contributed by atoms with Crippen LogP contribution in [0.2, 0.25) is 5.02 Å². The molecule has 0 radical (unpaired) electrons. The first-order valence-electron chi connectivity index (χ1n) is 11.4. The molecule has 5 nitrogen and oxygen atoms in total. The van der Waals surface area contributed by atoms with E-state index >= 15 is 0 Å². The van der Waals surface area contributed by atoms with Crippen molar-refractivity contribution in [2.45, 2.75) is 51.0 Å². The van der Waals surface area contributed by atoms with Gasteiger partial charge in [0.15, 0.2) is 23.1 Å². The van der Waals surface area contributed by atoms with Gasteiger partial charge in [-0.05, 0) is 48.2 Å². The summed E-state index contributed by atoms with van der Waals surface area (Å²) in [7, 11) is 1.50. The Balaban J connectivity index is 1.56. The molecule has 1 heterocycles. The highest BCUT2D eigenvalue weighted by Crippen LogP contribution is 2.50. The van der Waals surface area contributed by atoms with Crippen molar-refractivity contribution in [3.05, 3.63) is 81.0 Å². The van der Waals surface area contributed by atoms with Gasteiger partial charge in [0.05, 0.1) is 12.1 Å². The smallest absolute Gasteiger partial charge is 0.180 e. The number of hydrogen-bond donors (Lipinski definition) is 0. The van der Waals surface area contributed by atoms with Crippen molar-refractivity contribution in [2.24, 2.45) is 0 Å². The fourth-order valence-corrected chi connectivity index (χ4v) is 5.25. The molecule has 0 fully saturated rings. The summed E-state index contributed by atoms with van der Waals surface area (Å²) in [6, 6.07) is 9.61. The van der Waals surface area contributed by atoms with E-state index in [1.807, 2.05) is 0 Å². The first kappa shape index (κ1) is 22.7. The molecular formula is C27H24ClFO5. The average molecular weight is 483 g/mol. The molecule has 3 aliphatic rings. The predicted octanol–water partition coefficient (Wildman–Crippen LogP) is 6.19. The predicted molar refractivity (Wildman–Crippen MR) is 124 cm³/mol. The van der Waals surface area contributed by atoms with E-state index in [-0.39, 0.29) is 29.0 Å². The fraction of sp³-hybridized carbons (Fsp3) is 0.333. The van der Waals surface area contributed by atoms with Gasteiger partial charge in [0.2, 0.25) is 0 Å². The first-order chi connectivity index (χ1) is 16.5. The number of Topliss-reactive ketones (excluding diaryl/α,β-unsaturated/α-hetero) is 2. The molecule has 0 unspecified atom stereocenters. The van der Waals surface area contributed by atoms with Gasteiger partial charge in [0.25, 0.3) is 0 Å². The Morgan fingerprint density at radius 3 is 2.29 bits per heavy atom. The average Bonchev–Trinajstić information content (AvgIpc) is 2.82. The molecule has 2 aliphatic carbocycles. The zero-order valence-corrected chi connectivity index (χ0v) is 19.5. The topological polar surface area (TPSA) is 61.8 Å². The van der Waals surface area contributed by atoms with E-state index in [9.17, 15) is 14.0 Å². The normalized spacial score (nSPS) is 18.4. The number of carbonyl (C=O) groups is 2. The third kappa shape index (κ3) is 4.11. The maximum atomic E-state index is 13.5. The van der Waals surface area contributed by atoms with E-state index in [1.54, 1.807) is 24.3 Å². The Hall–Kier alpha value is -3.12. The number of allylic oxidation sites excluding steroid dienone is 4. The molecule has 176 valence electrons. The Bertz CT molecular complexity index is 1200. The highest BCUT2D eigenvalue weighted by molar-refractivity contribution is 6.32. The highest BCUT2D eigenvalue weighted by Gasteiger charge is 2.42. The standard InChI is InChI=1S/C27H24ClFO5/c1-32-23-13-16(12-18(28)27(23)33-14-15-5-2-6-17(29)11-15)24-25-19(30)7-3-9-21(25)34-22-10-4-8-20(31)26(22)24/h2,5-6,11-13,24H,3-4,7-10,14H2,1H3. The molecule has 1 aliphatic heterocycles. The maximum Gasteiger partial charge on any atom is 0.180 e. The van der Waals surface area contributed by atoms with Crippen LogP contribution in [0.1, 0.15) is 55.6 Å². The van der Waals surface area contributed by atoms with Crippen LogP contribution in [0.3, 0.4) is 0 Å². The minimum atomic E-state index is -0.539. The quantitative estimate of drug-likeness (QED) is 0.508. The number of benzene rings is 2. The Kier molecular flexibility index (Phi) is 6.17. The van der Waals surface area contributed by atoms with Crippen LogP contribution in [0.25, 0.3) is 0 Å². The number of methoxy groups -OCH3 is 1. The summed E-state index contributed by atoms with van der Waals surface area (Å²) in [5, 5.41) is 0.285. The van der Waals surface area contributed by atoms with Gasteiger partial charge in [0.1, 0.15) is 23.9 Å². The Morgan fingerprint density at radius 2 is 1.68 bits per heavy atom. The second kappa shape index (κ2) is 9.26. The third-order valence-corrected chi connectivity index (χ3v) is 6.78. The summed E-state index contributed by atoms with van der Waals surface area (Å²) in [6.07, 6.45) is 3.66. The molecule has 0 saturated carbocycles. The molecule has 34 heavy (non-hydrogen) atoms. The van der Waals surface area contributed by atoms with Gasteiger partial charge in [-0.2, -0.15) is 0 Å². The molecule has 2 aromatic carbocycles. The molecule has 0 bridgehead atoms. The number of rotatable bonds is 5. The van der Waals surface area contributed by atoms with Gasteiger partial charge in [-0.15, -0.1) is 0 Å². The van der Waals surface area contributed by atoms with Gasteiger partial charge < -0.3 is 14.2 Å². The monoisotopic (exact) mass is 482 g/mol. The third-order valence-electron chi connectivity index (χ3n) is 6.50. The van der Waals surface area contributed by atoms with E-state index in [0.29, 0.717) is 71.0 Å². The van der Waals surface area contributed by atoms with Crippen LogP contribution in [0.4, 0.5) is 4.39 Å². The lowest BCUT2D eigenvalue weighted by Gasteiger charge is -2.36. The number of ether oxygens (including phenoxy) is 3. The second-order valence-corrected chi connectivity index (χ2v) is 9.12. The van der Waals surface area contributed by atoms with Crippen molar-refractivity contribution < 1.29 is 28.2 Å². The van der Waals surface area contributed by atoms with E-state index in [4.69, 9.17) is 25.8 Å². The lowest BCUT2D eigenvalue weighted by atomic mass is 9.73. The molecule has 0 spiro atoms. The van der Waals surface area contributed by atoms with E-state index in [2.05, 4.69) is 0 Å². The van der Waals surface area contributed by atoms with Crippen molar-refractivity contribution in [1.29, 1.82) is 0 Å². The van der Waals surface area contributed by atoms with Gasteiger partial charge in [-0.3, -0.25) is 9.59 Å². The van der Waals surface area contributed by atoms with Crippen LogP contribution in [0, 0.1) is 5.82 Å². The molecule has 0 amide bonds. The van der Waals surface area contributed by atoms with Crippen molar-refractivity contribution in [3.63, 3.8) is 0 Å². The van der Waals surface area contributed by atoms with Crippen LogP contribution in [-0.2, 0) is 20.9 Å². The van der Waals surface area contributed by atoms with Crippen molar-refractivity contribution in [1.82, 2.24) is 0 Å². The lowest BCUT2D eigenvalue weighted by Crippen LogP contribution is -2.30. The van der Waals surface area contributed by atoms with E-state index < -0.39 is 5.92 Å². The number of halogens is 2. The Morgan fingerprint density at radius 1 is 1.00 bits per heavy atom. The molecule has 2 aromatic rings. The summed E-state index contributed by atoms with van der Waals surface area (Å²) >= 11 is 6.64. The number of carbonyl (C=O) groups excluding carboxylic acids is 2. The summed E-state index contributed by atoms with van der Waals surface area (Å²) in [6.45, 7) is 0.103. The number of ketones is 2. The van der Waals surface area contributed by atoms with Crippen LogP contribution < -0.4 is 9.47 Å². The SMILES string of the molecule is COc1cc(C2C3=C(CCCC3=O)OC3=C2C(=O)CCC3)cc(Cl)c1OCc1cccc(F)c1. The molecule has 5 rings (SSSR count). The lowest BCUT2D eigenvalue weighted by molar-refractivity contribution is -0.117. The van der Waals surface area contributed by atoms with Crippen molar-refractivity contribution >= 4 is 23.2 Å². The van der Waals surface area contributed by atoms with E-state index in [0.717, 1.165) is 12.8 Å². The Labute approximate surface area is 202 Å². The summed E-state index contributed by atoms with van der Waals surface area (Å²) < 4.78 is 31.1. The van der Waals surface area contributed by atoms with Gasteiger partial charge in [-0.25, -0.2) is 4.39 Å². The van der Waals surface area contributed by atoms with Gasteiger partial charge in [-0.1, -0.05) is 23.7 Å². The van der Waals surface area contributed by atoms with Crippen LogP contribution >= 0.6 is 11.6 Å². The number of hydrogen-bond acceptors (Lipinski definition) is 5. The van der Waals surface area contributed by atoms with E-state index in [1.165, 1.54) is 19.2 Å². The van der Waals surface area contributed by atoms with Crippen LogP contribution in [0.5, 0.6) is 11.5 Å². The second-order valence-electron chi connectivity index (χ2n) is 8.71. The van der Waals surface area contributed by atoms with Gasteiger partial charge >= 0.3 is 0 Å². The molecule has 0 N–H and O–H groups in total. The maximum absolute atomic E-state index is 13.5. The summed E-state index contributed by atoms with van der Waals surface area (Å²) in [5.41, 5.74) is 2.43. The highest BCUT2D eigenvalue weighted by atomic mass is 35.5. The molecule has 0 atom stereocenters. The minimum Gasteiger partial charge on any atom is -0.493 e. The zero-order valence-electron chi connectivity index (χ0n) is 18.8. The molecular weight excluding hydrogens is 459 g/mol. The molecule has 7 heteroatoms. The summed E-state index contributed by atoms with van der Waals surface area (Å²) in [5.74, 6) is 1.13. The molecule has 0 aromatic heterocycles. The largest absolute Gasteiger partial charge is 0.493 e. The van der Waals surface area contributed by atoms with Crippen molar-refractivity contribution in [2.75, 3.05) is 7.11 Å². The van der Waals surface area contributed by atoms with Crippen molar-refractivity contribution in [3.8, 4) is 11.5 Å². The fourth-order valence-electron chi connectivity index (χ4n) is 4.98. The van der Waals surface area contributed by atoms with Crippen LogP contribution in [0.15, 0.2) is 59.1 Å². The van der Waals surface area contributed by atoms with Gasteiger partial charge in [0, 0.05) is 42.7 Å². The molecule has 0 saturated heterocycles. The minimum absolute atomic E-state index is 0.00214. The first-order valence-corrected chi connectivity index (χ1v) is 11.8. The van der Waals surface area contributed by atoms with Crippen LogP contribution in [-0.4, -0.2) is 18.7 Å².